The van der Waals surface area contributed by atoms with Crippen molar-refractivity contribution in [3.8, 4) is 5.75 Å². The predicted octanol–water partition coefficient (Wildman–Crippen LogP) is 3.38. The lowest BCUT2D eigenvalue weighted by molar-refractivity contribution is 0.0912. The Morgan fingerprint density at radius 3 is 3.00 bits per heavy atom. The first-order valence-electron chi connectivity index (χ1n) is 6.24. The van der Waals surface area contributed by atoms with Gasteiger partial charge in [-0.1, -0.05) is 32.7 Å². The van der Waals surface area contributed by atoms with E-state index in [9.17, 15) is 4.79 Å². The third-order valence-corrected chi connectivity index (χ3v) is 3.32. The van der Waals surface area contributed by atoms with Gasteiger partial charge in [0, 0.05) is 11.0 Å². The van der Waals surface area contributed by atoms with Crippen LogP contribution in [-0.4, -0.2) is 22.6 Å². The van der Waals surface area contributed by atoms with Crippen LogP contribution in [0.3, 0.4) is 0 Å². The number of nitrogens with one attached hydrogen (secondary N) is 1. The topological polar surface area (TPSA) is 77.2 Å². The van der Waals surface area contributed by atoms with Gasteiger partial charge < -0.3 is 14.6 Å². The van der Waals surface area contributed by atoms with E-state index >= 15 is 0 Å². The van der Waals surface area contributed by atoms with Gasteiger partial charge in [-0.3, -0.25) is 4.79 Å². The summed E-state index contributed by atoms with van der Waals surface area (Å²) in [5.74, 6) is 0.265. The fourth-order valence-electron chi connectivity index (χ4n) is 1.54. The summed E-state index contributed by atoms with van der Waals surface area (Å²) in [4.78, 5) is 15.6. The molecular weight excluding hydrogens is 362 g/mol. The van der Waals surface area contributed by atoms with Gasteiger partial charge in [0.2, 0.25) is 5.82 Å². The SMILES string of the molecule is CCNC(=O)c1nc(C(C)Oc2ccc(Br)cc2Cl)no1. The van der Waals surface area contributed by atoms with Gasteiger partial charge >= 0.3 is 11.8 Å². The Morgan fingerprint density at radius 2 is 2.33 bits per heavy atom. The zero-order valence-electron chi connectivity index (χ0n) is 11.4. The van der Waals surface area contributed by atoms with Gasteiger partial charge in [0.05, 0.1) is 5.02 Å². The highest BCUT2D eigenvalue weighted by atomic mass is 79.9. The maximum absolute atomic E-state index is 11.6. The summed E-state index contributed by atoms with van der Waals surface area (Å²) in [5.41, 5.74) is 0. The van der Waals surface area contributed by atoms with E-state index in [0.717, 1.165) is 4.47 Å². The van der Waals surface area contributed by atoms with Gasteiger partial charge in [-0.15, -0.1) is 0 Å². The van der Waals surface area contributed by atoms with E-state index in [-0.39, 0.29) is 11.7 Å². The van der Waals surface area contributed by atoms with Gasteiger partial charge in [-0.25, -0.2) is 0 Å². The van der Waals surface area contributed by atoms with Gasteiger partial charge in [0.1, 0.15) is 5.75 Å². The monoisotopic (exact) mass is 373 g/mol. The summed E-state index contributed by atoms with van der Waals surface area (Å²) < 4.78 is 11.4. The van der Waals surface area contributed by atoms with Gasteiger partial charge in [0.25, 0.3) is 0 Å². The molecule has 1 aromatic heterocycles. The van der Waals surface area contributed by atoms with E-state index in [1.807, 2.05) is 6.07 Å². The molecule has 0 fully saturated rings. The summed E-state index contributed by atoms with van der Waals surface area (Å²) >= 11 is 9.39. The van der Waals surface area contributed by atoms with E-state index in [1.54, 1.807) is 26.0 Å². The summed E-state index contributed by atoms with van der Waals surface area (Å²) in [6, 6.07) is 5.26. The van der Waals surface area contributed by atoms with Crippen molar-refractivity contribution in [2.75, 3.05) is 6.54 Å². The zero-order valence-corrected chi connectivity index (χ0v) is 13.7. The number of amides is 1. The minimum Gasteiger partial charge on any atom is -0.481 e. The van der Waals surface area contributed by atoms with E-state index in [0.29, 0.717) is 17.3 Å². The number of hydrogen-bond donors (Lipinski definition) is 1. The second-order valence-electron chi connectivity index (χ2n) is 4.15. The van der Waals surface area contributed by atoms with Crippen molar-refractivity contribution in [3.63, 3.8) is 0 Å². The molecule has 8 heteroatoms. The minimum atomic E-state index is -0.504. The number of rotatable bonds is 5. The van der Waals surface area contributed by atoms with Crippen molar-refractivity contribution in [2.24, 2.45) is 0 Å². The molecule has 112 valence electrons. The molecule has 0 aliphatic rings. The molecule has 0 aliphatic heterocycles. The van der Waals surface area contributed by atoms with Crippen LogP contribution >= 0.6 is 27.5 Å². The standard InChI is InChI=1S/C13H13BrClN3O3/c1-3-16-12(19)13-17-11(18-21-13)7(2)20-10-5-4-8(14)6-9(10)15/h4-7H,3H2,1-2H3,(H,16,19). The summed E-state index contributed by atoms with van der Waals surface area (Å²) in [7, 11) is 0. The van der Waals surface area contributed by atoms with Crippen molar-refractivity contribution < 1.29 is 14.1 Å². The van der Waals surface area contributed by atoms with Crippen LogP contribution in [0.25, 0.3) is 0 Å². The maximum atomic E-state index is 11.6. The molecule has 0 spiro atoms. The molecule has 0 aliphatic carbocycles. The second kappa shape index (κ2) is 6.91. The summed E-state index contributed by atoms with van der Waals surface area (Å²) in [5, 5.41) is 6.78. The highest BCUT2D eigenvalue weighted by Crippen LogP contribution is 2.30. The molecule has 1 N–H and O–H groups in total. The second-order valence-corrected chi connectivity index (χ2v) is 5.47. The maximum Gasteiger partial charge on any atom is 0.316 e. The number of ether oxygens (including phenoxy) is 1. The Bertz CT molecular complexity index is 647. The van der Waals surface area contributed by atoms with Crippen LogP contribution in [0.2, 0.25) is 5.02 Å². The quantitative estimate of drug-likeness (QED) is 0.868. The number of nitrogens with zero attached hydrogens (tertiary/aromatic N) is 2. The van der Waals surface area contributed by atoms with Crippen LogP contribution in [0.1, 0.15) is 36.5 Å². The number of benzene rings is 1. The van der Waals surface area contributed by atoms with Crippen LogP contribution in [0.15, 0.2) is 27.2 Å². The fourth-order valence-corrected chi connectivity index (χ4v) is 2.26. The third kappa shape index (κ3) is 3.95. The lowest BCUT2D eigenvalue weighted by Gasteiger charge is -2.12. The molecule has 2 aromatic rings. The molecule has 1 unspecified atom stereocenters. The first kappa shape index (κ1) is 15.8. The molecule has 0 saturated carbocycles. The van der Waals surface area contributed by atoms with E-state index in [2.05, 4.69) is 31.4 Å². The molecule has 2 rings (SSSR count). The summed E-state index contributed by atoms with van der Waals surface area (Å²) in [6.45, 7) is 4.03. The predicted molar refractivity (Wildman–Crippen MR) is 80.5 cm³/mol. The van der Waals surface area contributed by atoms with Crippen molar-refractivity contribution in [3.05, 3.63) is 39.4 Å². The molecule has 1 aromatic carbocycles. The minimum absolute atomic E-state index is 0.0933. The van der Waals surface area contributed by atoms with Crippen molar-refractivity contribution >= 4 is 33.4 Å². The highest BCUT2D eigenvalue weighted by Gasteiger charge is 2.20. The number of aromatic nitrogens is 2. The summed E-state index contributed by atoms with van der Waals surface area (Å²) in [6.07, 6.45) is -0.504. The number of hydrogen-bond acceptors (Lipinski definition) is 5. The Kier molecular flexibility index (Phi) is 5.19. The Hall–Kier alpha value is -1.60. The van der Waals surface area contributed by atoms with E-state index < -0.39 is 12.0 Å². The highest BCUT2D eigenvalue weighted by molar-refractivity contribution is 9.10. The smallest absolute Gasteiger partial charge is 0.316 e. The molecule has 6 nitrogen and oxygen atoms in total. The third-order valence-electron chi connectivity index (χ3n) is 2.53. The van der Waals surface area contributed by atoms with Gasteiger partial charge in [0.15, 0.2) is 6.10 Å². The lowest BCUT2D eigenvalue weighted by atomic mass is 10.3. The average Bonchev–Trinajstić information content (AvgIpc) is 2.92. The van der Waals surface area contributed by atoms with Crippen LogP contribution in [-0.2, 0) is 0 Å². The first-order chi connectivity index (χ1) is 10.0. The fraction of sp³-hybridized carbons (Fsp3) is 0.308. The number of halogens is 2. The molecule has 21 heavy (non-hydrogen) atoms. The van der Waals surface area contributed by atoms with Crippen molar-refractivity contribution in [2.45, 2.75) is 20.0 Å². The van der Waals surface area contributed by atoms with Gasteiger partial charge in [-0.05, 0) is 32.0 Å². The molecule has 0 radical (unpaired) electrons. The zero-order chi connectivity index (χ0) is 15.4. The van der Waals surface area contributed by atoms with E-state index in [4.69, 9.17) is 20.9 Å². The van der Waals surface area contributed by atoms with Crippen LogP contribution in [0.4, 0.5) is 0 Å². The normalized spacial score (nSPS) is 12.0. The Balaban J connectivity index is 2.10. The van der Waals surface area contributed by atoms with Crippen LogP contribution in [0.5, 0.6) is 5.75 Å². The van der Waals surface area contributed by atoms with Crippen LogP contribution < -0.4 is 10.1 Å². The largest absolute Gasteiger partial charge is 0.481 e. The van der Waals surface area contributed by atoms with Gasteiger partial charge in [-0.2, -0.15) is 4.98 Å². The molecule has 0 saturated heterocycles. The first-order valence-corrected chi connectivity index (χ1v) is 7.42. The lowest BCUT2D eigenvalue weighted by Crippen LogP contribution is -2.23. The molecule has 1 heterocycles. The van der Waals surface area contributed by atoms with E-state index in [1.165, 1.54) is 0 Å². The number of carbonyl (C=O) groups excluding carboxylic acids is 1. The Labute approximate surface area is 134 Å². The average molecular weight is 375 g/mol. The molecular formula is C13H13BrClN3O3. The molecule has 1 atom stereocenters. The van der Waals surface area contributed by atoms with Crippen LogP contribution in [0, 0.1) is 0 Å². The number of carbonyl (C=O) groups is 1. The molecule has 0 bridgehead atoms. The molecule has 1 amide bonds. The van der Waals surface area contributed by atoms with Crippen molar-refractivity contribution in [1.29, 1.82) is 0 Å². The van der Waals surface area contributed by atoms with Crippen molar-refractivity contribution in [1.82, 2.24) is 15.5 Å². The Morgan fingerprint density at radius 1 is 1.57 bits per heavy atom.